The number of carbonyl (C=O) groups excluding carboxylic acids is 1. The van der Waals surface area contributed by atoms with E-state index >= 15 is 0 Å². The lowest BCUT2D eigenvalue weighted by molar-refractivity contribution is 0.112. The van der Waals surface area contributed by atoms with Crippen LogP contribution in [0.2, 0.25) is 0 Å². The lowest BCUT2D eigenvalue weighted by atomic mass is 10.2. The monoisotopic (exact) mass is 257 g/mol. The summed E-state index contributed by atoms with van der Waals surface area (Å²) in [5.74, 6) is -0.399. The third-order valence-electron chi connectivity index (χ3n) is 3.07. The Morgan fingerprint density at radius 1 is 1.37 bits per heavy atom. The van der Waals surface area contributed by atoms with E-state index in [1.54, 1.807) is 24.0 Å². The molecule has 0 atom stereocenters. The fraction of sp³-hybridized carbons (Fsp3) is 0.154. The second-order valence-electron chi connectivity index (χ2n) is 4.37. The molecule has 2 heterocycles. The van der Waals surface area contributed by atoms with E-state index < -0.39 is 5.76 Å². The first-order valence-corrected chi connectivity index (χ1v) is 5.70. The van der Waals surface area contributed by atoms with Crippen LogP contribution in [0.25, 0.3) is 16.8 Å². The molecule has 96 valence electrons. The van der Waals surface area contributed by atoms with Crippen LogP contribution >= 0.6 is 0 Å². The number of nitrogens with zero attached hydrogens (tertiary/aromatic N) is 3. The molecule has 0 fully saturated rings. The standard InChI is InChI=1S/C13H11N3O3/c1-8-3-10(16-6-9(7-17)5-14-16)4-11-12(8)19-13(18)15(11)2/h3-7H,1-2H3. The van der Waals surface area contributed by atoms with Gasteiger partial charge in [-0.25, -0.2) is 9.48 Å². The highest BCUT2D eigenvalue weighted by atomic mass is 16.4. The van der Waals surface area contributed by atoms with Gasteiger partial charge in [0.1, 0.15) is 0 Å². The van der Waals surface area contributed by atoms with Crippen LogP contribution in [-0.4, -0.2) is 20.6 Å². The number of fused-ring (bicyclic) bond motifs is 1. The topological polar surface area (TPSA) is 70.0 Å². The van der Waals surface area contributed by atoms with Crippen molar-refractivity contribution in [1.82, 2.24) is 14.3 Å². The number of aryl methyl sites for hydroxylation is 2. The van der Waals surface area contributed by atoms with Crippen LogP contribution in [0.15, 0.2) is 33.7 Å². The average molecular weight is 257 g/mol. The summed E-state index contributed by atoms with van der Waals surface area (Å²) in [5, 5.41) is 4.11. The fourth-order valence-corrected chi connectivity index (χ4v) is 2.04. The summed E-state index contributed by atoms with van der Waals surface area (Å²) < 4.78 is 8.20. The van der Waals surface area contributed by atoms with E-state index in [9.17, 15) is 9.59 Å². The number of hydrogen-bond acceptors (Lipinski definition) is 4. The van der Waals surface area contributed by atoms with Gasteiger partial charge in [-0.15, -0.1) is 0 Å². The zero-order chi connectivity index (χ0) is 13.6. The maximum atomic E-state index is 11.5. The highest BCUT2D eigenvalue weighted by Gasteiger charge is 2.11. The van der Waals surface area contributed by atoms with Gasteiger partial charge in [0.25, 0.3) is 0 Å². The highest BCUT2D eigenvalue weighted by Crippen LogP contribution is 2.21. The van der Waals surface area contributed by atoms with Gasteiger partial charge >= 0.3 is 5.76 Å². The number of aromatic nitrogens is 3. The molecule has 0 aliphatic heterocycles. The van der Waals surface area contributed by atoms with Gasteiger partial charge in [-0.2, -0.15) is 5.10 Å². The van der Waals surface area contributed by atoms with Gasteiger partial charge in [-0.05, 0) is 24.6 Å². The summed E-state index contributed by atoms with van der Waals surface area (Å²) in [7, 11) is 1.65. The molecule has 0 bridgehead atoms. The van der Waals surface area contributed by atoms with E-state index in [0.29, 0.717) is 16.7 Å². The minimum atomic E-state index is -0.399. The van der Waals surface area contributed by atoms with E-state index in [4.69, 9.17) is 4.42 Å². The van der Waals surface area contributed by atoms with Crippen molar-refractivity contribution in [2.75, 3.05) is 0 Å². The summed E-state index contributed by atoms with van der Waals surface area (Å²) in [6.07, 6.45) is 3.86. The third kappa shape index (κ3) is 1.69. The number of benzene rings is 1. The van der Waals surface area contributed by atoms with Crippen LogP contribution in [0.3, 0.4) is 0 Å². The Kier molecular flexibility index (Phi) is 2.38. The van der Waals surface area contributed by atoms with Crippen molar-refractivity contribution in [3.8, 4) is 5.69 Å². The Morgan fingerprint density at radius 2 is 2.16 bits per heavy atom. The molecule has 0 N–H and O–H groups in total. The van der Waals surface area contributed by atoms with Gasteiger partial charge in [0.2, 0.25) is 0 Å². The van der Waals surface area contributed by atoms with Gasteiger partial charge in [-0.3, -0.25) is 9.36 Å². The molecule has 0 aliphatic carbocycles. The largest absolute Gasteiger partial charge is 0.419 e. The lowest BCUT2D eigenvalue weighted by Gasteiger charge is -2.03. The Bertz CT molecular complexity index is 839. The number of oxazole rings is 1. The number of hydrogen-bond donors (Lipinski definition) is 0. The zero-order valence-electron chi connectivity index (χ0n) is 10.5. The van der Waals surface area contributed by atoms with Crippen LogP contribution in [0, 0.1) is 6.92 Å². The maximum Gasteiger partial charge on any atom is 0.419 e. The van der Waals surface area contributed by atoms with Gasteiger partial charge in [0.15, 0.2) is 11.9 Å². The summed E-state index contributed by atoms with van der Waals surface area (Å²) in [6, 6.07) is 3.65. The normalized spacial score (nSPS) is 11.1. The van der Waals surface area contributed by atoms with E-state index in [1.165, 1.54) is 10.8 Å². The van der Waals surface area contributed by atoms with E-state index in [2.05, 4.69) is 5.10 Å². The predicted molar refractivity (Wildman–Crippen MR) is 68.7 cm³/mol. The van der Waals surface area contributed by atoms with Crippen LogP contribution < -0.4 is 5.76 Å². The van der Waals surface area contributed by atoms with Crippen LogP contribution in [-0.2, 0) is 7.05 Å². The average Bonchev–Trinajstić information content (AvgIpc) is 2.97. The van der Waals surface area contributed by atoms with Crippen molar-refractivity contribution in [2.24, 2.45) is 7.05 Å². The maximum absolute atomic E-state index is 11.5. The molecule has 3 aromatic rings. The van der Waals surface area contributed by atoms with E-state index in [1.807, 2.05) is 13.0 Å². The van der Waals surface area contributed by atoms with Crippen LogP contribution in [0.1, 0.15) is 15.9 Å². The molecule has 6 nitrogen and oxygen atoms in total. The van der Waals surface area contributed by atoms with Gasteiger partial charge < -0.3 is 4.42 Å². The van der Waals surface area contributed by atoms with Crippen molar-refractivity contribution < 1.29 is 9.21 Å². The first kappa shape index (κ1) is 11.5. The second-order valence-corrected chi connectivity index (χ2v) is 4.37. The molecule has 1 aromatic carbocycles. The van der Waals surface area contributed by atoms with Crippen LogP contribution in [0.4, 0.5) is 0 Å². The summed E-state index contributed by atoms with van der Waals surface area (Å²) in [4.78, 5) is 22.2. The second kappa shape index (κ2) is 3.94. The molecule has 0 saturated heterocycles. The first-order chi connectivity index (χ1) is 9.10. The summed E-state index contributed by atoms with van der Waals surface area (Å²) in [5.41, 5.74) is 3.38. The molecule has 0 spiro atoms. The fourth-order valence-electron chi connectivity index (χ4n) is 2.04. The molecule has 2 aromatic heterocycles. The quantitative estimate of drug-likeness (QED) is 0.651. The minimum Gasteiger partial charge on any atom is -0.407 e. The summed E-state index contributed by atoms with van der Waals surface area (Å²) in [6.45, 7) is 1.86. The molecule has 19 heavy (non-hydrogen) atoms. The first-order valence-electron chi connectivity index (χ1n) is 5.70. The lowest BCUT2D eigenvalue weighted by Crippen LogP contribution is -2.08. The van der Waals surface area contributed by atoms with Crippen molar-refractivity contribution in [3.63, 3.8) is 0 Å². The van der Waals surface area contributed by atoms with Gasteiger partial charge in [0, 0.05) is 13.2 Å². The van der Waals surface area contributed by atoms with Crippen molar-refractivity contribution >= 4 is 17.4 Å². The molecule has 0 radical (unpaired) electrons. The van der Waals surface area contributed by atoms with Crippen LogP contribution in [0.5, 0.6) is 0 Å². The van der Waals surface area contributed by atoms with Gasteiger partial charge in [-0.1, -0.05) is 0 Å². The Balaban J connectivity index is 2.27. The molecular formula is C13H11N3O3. The molecule has 0 amide bonds. The number of aldehydes is 1. The minimum absolute atomic E-state index is 0.399. The molecular weight excluding hydrogens is 246 g/mol. The smallest absolute Gasteiger partial charge is 0.407 e. The Labute approximate surface area is 107 Å². The van der Waals surface area contributed by atoms with Gasteiger partial charge in [0.05, 0.1) is 23.0 Å². The molecule has 0 aliphatic rings. The van der Waals surface area contributed by atoms with Crippen molar-refractivity contribution in [3.05, 3.63) is 46.2 Å². The molecule has 0 saturated carbocycles. The Hall–Kier alpha value is -2.63. The summed E-state index contributed by atoms with van der Waals surface area (Å²) >= 11 is 0. The van der Waals surface area contributed by atoms with E-state index in [0.717, 1.165) is 17.5 Å². The highest BCUT2D eigenvalue weighted by molar-refractivity contribution is 5.79. The number of carbonyl (C=O) groups is 1. The number of rotatable bonds is 2. The zero-order valence-corrected chi connectivity index (χ0v) is 10.5. The van der Waals surface area contributed by atoms with Crippen molar-refractivity contribution in [2.45, 2.75) is 6.92 Å². The molecule has 0 unspecified atom stereocenters. The Morgan fingerprint density at radius 3 is 2.84 bits per heavy atom. The molecule has 6 heteroatoms. The molecule has 3 rings (SSSR count). The SMILES string of the molecule is Cc1cc(-n2cc(C=O)cn2)cc2c1oc(=O)n2C. The van der Waals surface area contributed by atoms with Crippen molar-refractivity contribution in [1.29, 1.82) is 0 Å². The third-order valence-corrected chi connectivity index (χ3v) is 3.07. The van der Waals surface area contributed by atoms with E-state index in [-0.39, 0.29) is 0 Å². The predicted octanol–water partition coefficient (Wildman–Crippen LogP) is 1.44.